The molecule has 1 aromatic carbocycles. The van der Waals surface area contributed by atoms with Crippen LogP contribution in [0.3, 0.4) is 0 Å². The van der Waals surface area contributed by atoms with Gasteiger partial charge in [0.05, 0.1) is 16.5 Å². The van der Waals surface area contributed by atoms with E-state index in [2.05, 4.69) is 5.32 Å². The van der Waals surface area contributed by atoms with E-state index in [-0.39, 0.29) is 12.3 Å². The van der Waals surface area contributed by atoms with Crippen LogP contribution in [0.5, 0.6) is 0 Å². The maximum Gasteiger partial charge on any atom is 0.251 e. The molecule has 1 aromatic rings. The van der Waals surface area contributed by atoms with Gasteiger partial charge in [-0.15, -0.1) is 0 Å². The molecule has 0 saturated heterocycles. The summed E-state index contributed by atoms with van der Waals surface area (Å²) in [5.74, 6) is -0.549. The van der Waals surface area contributed by atoms with Crippen molar-refractivity contribution in [3.05, 3.63) is 28.8 Å². The number of anilines is 1. The molecule has 0 unspecified atom stereocenters. The Morgan fingerprint density at radius 1 is 1.42 bits per heavy atom. The van der Waals surface area contributed by atoms with Crippen molar-refractivity contribution in [2.24, 2.45) is 0 Å². The van der Waals surface area contributed by atoms with Crippen LogP contribution in [0.4, 0.5) is 5.69 Å². The summed E-state index contributed by atoms with van der Waals surface area (Å²) < 4.78 is 24.1. The zero-order valence-corrected chi connectivity index (χ0v) is 12.3. The smallest absolute Gasteiger partial charge is 0.251 e. The molecular weight excluding hydrogens is 290 g/mol. The molecule has 3 N–H and O–H groups in total. The van der Waals surface area contributed by atoms with Crippen molar-refractivity contribution in [1.29, 1.82) is 0 Å². The quantitative estimate of drug-likeness (QED) is 0.777. The molecule has 106 valence electrons. The first kappa shape index (κ1) is 15.7. The SMILES string of the molecule is CN(C)S(=O)(=O)CCNC(=O)c1ccc(Cl)c(N)c1. The molecule has 0 aliphatic heterocycles. The molecule has 0 fully saturated rings. The number of nitrogens with two attached hydrogens (primary N) is 1. The van der Waals surface area contributed by atoms with Crippen molar-refractivity contribution in [1.82, 2.24) is 9.62 Å². The lowest BCUT2D eigenvalue weighted by Gasteiger charge is -2.11. The first-order chi connectivity index (χ1) is 8.74. The second kappa shape index (κ2) is 6.23. The summed E-state index contributed by atoms with van der Waals surface area (Å²) in [6, 6.07) is 4.48. The molecule has 0 atom stereocenters. The van der Waals surface area contributed by atoms with Gasteiger partial charge in [-0.1, -0.05) is 11.6 Å². The Balaban J connectivity index is 2.59. The van der Waals surface area contributed by atoms with Gasteiger partial charge in [0, 0.05) is 26.2 Å². The molecule has 0 heterocycles. The van der Waals surface area contributed by atoms with Crippen molar-refractivity contribution in [3.8, 4) is 0 Å². The number of hydrogen-bond donors (Lipinski definition) is 2. The Hall–Kier alpha value is -1.31. The van der Waals surface area contributed by atoms with Gasteiger partial charge < -0.3 is 11.1 Å². The Bertz CT molecular complexity index is 573. The highest BCUT2D eigenvalue weighted by Gasteiger charge is 2.14. The number of sulfonamides is 1. The van der Waals surface area contributed by atoms with Crippen LogP contribution in [0.15, 0.2) is 18.2 Å². The molecule has 0 aliphatic carbocycles. The van der Waals surface area contributed by atoms with Crippen molar-refractivity contribution >= 4 is 33.2 Å². The maximum absolute atomic E-state index is 11.7. The highest BCUT2D eigenvalue weighted by atomic mass is 35.5. The molecular formula is C11H16ClN3O3S. The Labute approximate surface area is 117 Å². The number of amides is 1. The van der Waals surface area contributed by atoms with Gasteiger partial charge >= 0.3 is 0 Å². The lowest BCUT2D eigenvalue weighted by molar-refractivity contribution is 0.0956. The fourth-order valence-electron chi connectivity index (χ4n) is 1.26. The van der Waals surface area contributed by atoms with Crippen LogP contribution >= 0.6 is 11.6 Å². The number of rotatable bonds is 5. The van der Waals surface area contributed by atoms with Crippen LogP contribution in [-0.2, 0) is 10.0 Å². The lowest BCUT2D eigenvalue weighted by atomic mass is 10.2. The first-order valence-electron chi connectivity index (χ1n) is 5.47. The van der Waals surface area contributed by atoms with Gasteiger partial charge in [-0.2, -0.15) is 0 Å². The van der Waals surface area contributed by atoms with Crippen LogP contribution in [-0.4, -0.2) is 45.0 Å². The maximum atomic E-state index is 11.7. The Morgan fingerprint density at radius 3 is 2.58 bits per heavy atom. The molecule has 0 aromatic heterocycles. The highest BCUT2D eigenvalue weighted by molar-refractivity contribution is 7.89. The fourth-order valence-corrected chi connectivity index (χ4v) is 2.11. The summed E-state index contributed by atoms with van der Waals surface area (Å²) in [5.41, 5.74) is 6.22. The van der Waals surface area contributed by atoms with E-state index in [4.69, 9.17) is 17.3 Å². The van der Waals surface area contributed by atoms with Crippen LogP contribution in [0, 0.1) is 0 Å². The van der Waals surface area contributed by atoms with Gasteiger partial charge in [0.2, 0.25) is 10.0 Å². The minimum atomic E-state index is -3.32. The summed E-state index contributed by atoms with van der Waals surface area (Å²) in [6.07, 6.45) is 0. The first-order valence-corrected chi connectivity index (χ1v) is 7.46. The number of nitrogen functional groups attached to an aromatic ring is 1. The minimum absolute atomic E-state index is 0.0296. The average Bonchev–Trinajstić information content (AvgIpc) is 2.32. The molecule has 19 heavy (non-hydrogen) atoms. The Kier molecular flexibility index (Phi) is 5.16. The van der Waals surface area contributed by atoms with Crippen LogP contribution < -0.4 is 11.1 Å². The summed E-state index contributed by atoms with van der Waals surface area (Å²) in [5, 5.41) is 2.88. The van der Waals surface area contributed by atoms with Gasteiger partial charge in [-0.05, 0) is 18.2 Å². The van der Waals surface area contributed by atoms with E-state index in [0.29, 0.717) is 16.3 Å². The predicted octanol–water partition coefficient (Wildman–Crippen LogP) is 0.543. The average molecular weight is 306 g/mol. The second-order valence-corrected chi connectivity index (χ2v) is 6.80. The highest BCUT2D eigenvalue weighted by Crippen LogP contribution is 2.19. The van der Waals surface area contributed by atoms with Crippen molar-refractivity contribution in [2.45, 2.75) is 0 Å². The number of hydrogen-bond acceptors (Lipinski definition) is 4. The van der Waals surface area contributed by atoms with Crippen LogP contribution in [0.2, 0.25) is 5.02 Å². The van der Waals surface area contributed by atoms with E-state index in [0.717, 1.165) is 4.31 Å². The topological polar surface area (TPSA) is 92.5 Å². The fraction of sp³-hybridized carbons (Fsp3) is 0.364. The van der Waals surface area contributed by atoms with E-state index in [1.807, 2.05) is 0 Å². The molecule has 0 bridgehead atoms. The molecule has 8 heteroatoms. The number of carbonyl (C=O) groups is 1. The third-order valence-electron chi connectivity index (χ3n) is 2.46. The van der Waals surface area contributed by atoms with Crippen molar-refractivity contribution in [3.63, 3.8) is 0 Å². The standard InChI is InChI=1S/C11H16ClN3O3S/c1-15(2)19(17,18)6-5-14-11(16)8-3-4-9(12)10(13)7-8/h3-4,7H,5-6,13H2,1-2H3,(H,14,16). The van der Waals surface area contributed by atoms with Crippen LogP contribution in [0.1, 0.15) is 10.4 Å². The third kappa shape index (κ3) is 4.38. The van der Waals surface area contributed by atoms with E-state index in [1.165, 1.54) is 32.3 Å². The Morgan fingerprint density at radius 2 is 2.05 bits per heavy atom. The van der Waals surface area contributed by atoms with E-state index in [1.54, 1.807) is 0 Å². The minimum Gasteiger partial charge on any atom is -0.398 e. The van der Waals surface area contributed by atoms with Crippen molar-refractivity contribution < 1.29 is 13.2 Å². The van der Waals surface area contributed by atoms with Gasteiger partial charge in [0.1, 0.15) is 0 Å². The van der Waals surface area contributed by atoms with Gasteiger partial charge in [0.25, 0.3) is 5.91 Å². The molecule has 0 saturated carbocycles. The normalized spacial score (nSPS) is 11.6. The van der Waals surface area contributed by atoms with E-state index >= 15 is 0 Å². The number of halogens is 1. The van der Waals surface area contributed by atoms with Gasteiger partial charge in [0.15, 0.2) is 0 Å². The zero-order chi connectivity index (χ0) is 14.6. The molecule has 6 nitrogen and oxygen atoms in total. The lowest BCUT2D eigenvalue weighted by Crippen LogP contribution is -2.33. The number of nitrogens with zero attached hydrogens (tertiary/aromatic N) is 1. The third-order valence-corrected chi connectivity index (χ3v) is 4.64. The van der Waals surface area contributed by atoms with Gasteiger partial charge in [-0.3, -0.25) is 4.79 Å². The number of carbonyl (C=O) groups excluding carboxylic acids is 1. The summed E-state index contributed by atoms with van der Waals surface area (Å²) in [4.78, 5) is 11.7. The molecule has 0 aliphatic rings. The summed E-state index contributed by atoms with van der Waals surface area (Å²) >= 11 is 5.74. The van der Waals surface area contributed by atoms with E-state index in [9.17, 15) is 13.2 Å². The second-order valence-electron chi connectivity index (χ2n) is 4.09. The van der Waals surface area contributed by atoms with Crippen molar-refractivity contribution in [2.75, 3.05) is 32.1 Å². The number of nitrogens with one attached hydrogen (secondary N) is 1. The largest absolute Gasteiger partial charge is 0.398 e. The zero-order valence-electron chi connectivity index (χ0n) is 10.7. The number of benzene rings is 1. The van der Waals surface area contributed by atoms with E-state index < -0.39 is 15.9 Å². The monoisotopic (exact) mass is 305 g/mol. The molecule has 1 rings (SSSR count). The molecule has 0 spiro atoms. The predicted molar refractivity (Wildman–Crippen MR) is 75.7 cm³/mol. The molecule has 1 amide bonds. The van der Waals surface area contributed by atoms with Crippen LogP contribution in [0.25, 0.3) is 0 Å². The molecule has 0 radical (unpaired) electrons. The summed E-state index contributed by atoms with van der Waals surface area (Å²) in [6.45, 7) is 0.0296. The summed E-state index contributed by atoms with van der Waals surface area (Å²) in [7, 11) is -0.435. The van der Waals surface area contributed by atoms with Gasteiger partial charge in [-0.25, -0.2) is 12.7 Å².